The van der Waals surface area contributed by atoms with Crippen molar-refractivity contribution in [3.63, 3.8) is 0 Å². The van der Waals surface area contributed by atoms with Gasteiger partial charge in [-0.25, -0.2) is 4.98 Å². The molecular weight excluding hydrogens is 250 g/mol. The number of nitrogens with one attached hydrogen (secondary N) is 1. The van der Waals surface area contributed by atoms with E-state index in [-0.39, 0.29) is 24.6 Å². The van der Waals surface area contributed by atoms with Gasteiger partial charge in [0.1, 0.15) is 5.92 Å². The maximum Gasteiger partial charge on any atom is 0.311 e. The molecule has 0 saturated carbocycles. The number of anilines is 1. The van der Waals surface area contributed by atoms with Crippen molar-refractivity contribution >= 4 is 11.8 Å². The maximum atomic E-state index is 12.1. The van der Waals surface area contributed by atoms with Crippen LogP contribution >= 0.6 is 0 Å². The van der Waals surface area contributed by atoms with Gasteiger partial charge in [-0.15, -0.1) is 0 Å². The second-order valence-electron chi connectivity index (χ2n) is 4.51. The number of hydrogen-bond acceptors (Lipinski definition) is 5. The first kappa shape index (κ1) is 13.5. The van der Waals surface area contributed by atoms with E-state index in [1.807, 2.05) is 6.92 Å². The summed E-state index contributed by atoms with van der Waals surface area (Å²) in [5, 5.41) is 11.9. The molecule has 7 heteroatoms. The van der Waals surface area contributed by atoms with Crippen molar-refractivity contribution in [1.82, 2.24) is 9.55 Å². The van der Waals surface area contributed by atoms with Gasteiger partial charge in [-0.2, -0.15) is 0 Å². The molecule has 1 fully saturated rings. The highest BCUT2D eigenvalue weighted by molar-refractivity contribution is 5.72. The van der Waals surface area contributed by atoms with Crippen molar-refractivity contribution in [3.05, 3.63) is 22.7 Å². The largest absolute Gasteiger partial charge is 0.481 e. The minimum atomic E-state index is -0.931. The second kappa shape index (κ2) is 5.83. The van der Waals surface area contributed by atoms with Crippen LogP contribution in [0.5, 0.6) is 0 Å². The van der Waals surface area contributed by atoms with Gasteiger partial charge in [-0.1, -0.05) is 6.92 Å². The predicted octanol–water partition coefficient (Wildman–Crippen LogP) is 0.165. The Morgan fingerprint density at radius 1 is 1.63 bits per heavy atom. The summed E-state index contributed by atoms with van der Waals surface area (Å²) < 4.78 is 6.70. The van der Waals surface area contributed by atoms with Gasteiger partial charge < -0.3 is 19.7 Å². The molecule has 1 aromatic heterocycles. The number of hydrogen-bond donors (Lipinski definition) is 2. The van der Waals surface area contributed by atoms with E-state index in [2.05, 4.69) is 10.3 Å². The van der Waals surface area contributed by atoms with Gasteiger partial charge in [-0.3, -0.25) is 9.59 Å². The molecule has 7 nitrogen and oxygen atoms in total. The maximum absolute atomic E-state index is 12.1. The number of aromatic nitrogens is 2. The van der Waals surface area contributed by atoms with Crippen LogP contribution in [0.3, 0.4) is 0 Å². The number of aliphatic carboxylic acids is 1. The molecule has 0 bridgehead atoms. The topological polar surface area (TPSA) is 93.4 Å². The lowest BCUT2D eigenvalue weighted by molar-refractivity contribution is -0.141. The molecule has 1 aromatic rings. The lowest BCUT2D eigenvalue weighted by atomic mass is 10.0. The Morgan fingerprint density at radius 2 is 2.42 bits per heavy atom. The fourth-order valence-electron chi connectivity index (χ4n) is 2.08. The van der Waals surface area contributed by atoms with Crippen LogP contribution in [0.1, 0.15) is 13.3 Å². The van der Waals surface area contributed by atoms with Crippen LogP contribution in [0.2, 0.25) is 0 Å². The van der Waals surface area contributed by atoms with E-state index >= 15 is 0 Å². The van der Waals surface area contributed by atoms with Crippen molar-refractivity contribution in [2.75, 3.05) is 18.5 Å². The standard InChI is InChI=1S/C12H17N3O4/c1-2-4-15-5-3-13-10(11(15)16)14-9-7-19-6-8(9)12(17)18/h3,5,8-9H,2,4,6-7H2,1H3,(H,13,14)(H,17,18). The zero-order valence-electron chi connectivity index (χ0n) is 10.7. The molecule has 19 heavy (non-hydrogen) atoms. The monoisotopic (exact) mass is 267 g/mol. The fourth-order valence-corrected chi connectivity index (χ4v) is 2.08. The Morgan fingerprint density at radius 3 is 3.11 bits per heavy atom. The number of aryl methyl sites for hydroxylation is 1. The SMILES string of the molecule is CCCn1ccnc(NC2COCC2C(=O)O)c1=O. The van der Waals surface area contributed by atoms with Crippen molar-refractivity contribution in [3.8, 4) is 0 Å². The van der Waals surface area contributed by atoms with E-state index in [1.54, 1.807) is 10.8 Å². The Labute approximate surface area is 110 Å². The highest BCUT2D eigenvalue weighted by Crippen LogP contribution is 2.16. The Kier molecular flexibility index (Phi) is 4.16. The number of ether oxygens (including phenoxy) is 1. The Balaban J connectivity index is 2.17. The number of carboxylic acids is 1. The summed E-state index contributed by atoms with van der Waals surface area (Å²) in [7, 11) is 0. The van der Waals surface area contributed by atoms with Crippen LogP contribution in [0.15, 0.2) is 17.2 Å². The third-order valence-corrected chi connectivity index (χ3v) is 3.10. The van der Waals surface area contributed by atoms with Crippen LogP contribution in [-0.2, 0) is 16.1 Å². The van der Waals surface area contributed by atoms with Crippen molar-refractivity contribution in [2.45, 2.75) is 25.9 Å². The molecule has 2 heterocycles. The van der Waals surface area contributed by atoms with Crippen LogP contribution in [0, 0.1) is 5.92 Å². The molecule has 1 aliphatic heterocycles. The molecule has 0 spiro atoms. The molecule has 2 atom stereocenters. The van der Waals surface area contributed by atoms with E-state index in [1.165, 1.54) is 6.20 Å². The Bertz CT molecular complexity index is 514. The zero-order valence-corrected chi connectivity index (χ0v) is 10.7. The van der Waals surface area contributed by atoms with E-state index in [4.69, 9.17) is 9.84 Å². The summed E-state index contributed by atoms with van der Waals surface area (Å²) >= 11 is 0. The lowest BCUT2D eigenvalue weighted by Gasteiger charge is -2.16. The first-order valence-corrected chi connectivity index (χ1v) is 6.26. The quantitative estimate of drug-likeness (QED) is 0.789. The summed E-state index contributed by atoms with van der Waals surface area (Å²) in [6, 6.07) is -0.421. The molecule has 0 aliphatic carbocycles. The number of nitrogens with zero attached hydrogens (tertiary/aromatic N) is 2. The van der Waals surface area contributed by atoms with Crippen molar-refractivity contribution in [2.24, 2.45) is 5.92 Å². The normalized spacial score (nSPS) is 22.4. The van der Waals surface area contributed by atoms with E-state index < -0.39 is 17.9 Å². The minimum Gasteiger partial charge on any atom is -0.481 e. The molecule has 0 amide bonds. The van der Waals surface area contributed by atoms with Crippen LogP contribution in [0.4, 0.5) is 5.82 Å². The lowest BCUT2D eigenvalue weighted by Crippen LogP contribution is -2.36. The van der Waals surface area contributed by atoms with Crippen LogP contribution < -0.4 is 10.9 Å². The van der Waals surface area contributed by atoms with Gasteiger partial charge in [-0.05, 0) is 6.42 Å². The highest BCUT2D eigenvalue weighted by atomic mass is 16.5. The molecule has 1 aliphatic rings. The van der Waals surface area contributed by atoms with Crippen molar-refractivity contribution < 1.29 is 14.6 Å². The first-order chi connectivity index (χ1) is 9.13. The van der Waals surface area contributed by atoms with Crippen LogP contribution in [-0.4, -0.2) is 39.9 Å². The van der Waals surface area contributed by atoms with E-state index in [0.29, 0.717) is 6.54 Å². The van der Waals surface area contributed by atoms with E-state index in [9.17, 15) is 9.59 Å². The third-order valence-electron chi connectivity index (χ3n) is 3.10. The molecule has 1 saturated heterocycles. The molecule has 104 valence electrons. The predicted molar refractivity (Wildman–Crippen MR) is 68.1 cm³/mol. The highest BCUT2D eigenvalue weighted by Gasteiger charge is 2.34. The smallest absolute Gasteiger partial charge is 0.311 e. The van der Waals surface area contributed by atoms with Crippen LogP contribution in [0.25, 0.3) is 0 Å². The summed E-state index contributed by atoms with van der Waals surface area (Å²) in [5.74, 6) is -1.40. The molecular formula is C12H17N3O4. The summed E-state index contributed by atoms with van der Waals surface area (Å²) in [4.78, 5) is 27.1. The average molecular weight is 267 g/mol. The number of carbonyl (C=O) groups is 1. The molecule has 0 radical (unpaired) electrons. The zero-order chi connectivity index (χ0) is 13.8. The first-order valence-electron chi connectivity index (χ1n) is 6.26. The fraction of sp³-hybridized carbons (Fsp3) is 0.583. The molecule has 2 rings (SSSR count). The molecule has 2 N–H and O–H groups in total. The van der Waals surface area contributed by atoms with Gasteiger partial charge in [0, 0.05) is 18.9 Å². The van der Waals surface area contributed by atoms with Gasteiger partial charge in [0.15, 0.2) is 5.82 Å². The Hall–Kier alpha value is -1.89. The second-order valence-corrected chi connectivity index (χ2v) is 4.51. The van der Waals surface area contributed by atoms with Gasteiger partial charge >= 0.3 is 5.97 Å². The number of carboxylic acid groups (broad SMARTS) is 1. The summed E-state index contributed by atoms with van der Waals surface area (Å²) in [5.41, 5.74) is -0.236. The van der Waals surface area contributed by atoms with Gasteiger partial charge in [0.05, 0.1) is 19.3 Å². The molecule has 2 unspecified atom stereocenters. The average Bonchev–Trinajstić information content (AvgIpc) is 2.83. The van der Waals surface area contributed by atoms with Gasteiger partial charge in [0.2, 0.25) is 0 Å². The van der Waals surface area contributed by atoms with Gasteiger partial charge in [0.25, 0.3) is 5.56 Å². The third kappa shape index (κ3) is 2.93. The molecule has 0 aromatic carbocycles. The number of rotatable bonds is 5. The minimum absolute atomic E-state index is 0.156. The summed E-state index contributed by atoms with van der Waals surface area (Å²) in [6.45, 7) is 3.01. The van der Waals surface area contributed by atoms with Crippen molar-refractivity contribution in [1.29, 1.82) is 0 Å². The van der Waals surface area contributed by atoms with E-state index in [0.717, 1.165) is 6.42 Å². The summed E-state index contributed by atoms with van der Waals surface area (Å²) in [6.07, 6.45) is 4.00.